The maximum atomic E-state index is 12.5. The maximum Gasteiger partial charge on any atom is 0.182 e. The van der Waals surface area contributed by atoms with E-state index in [2.05, 4.69) is 11.4 Å². The molecular formula is C14H19NO. The molecule has 1 heterocycles. The minimum absolute atomic E-state index is 0.242. The topological polar surface area (TPSA) is 29.1 Å². The third kappa shape index (κ3) is 1.90. The van der Waals surface area contributed by atoms with Crippen LogP contribution in [-0.2, 0) is 0 Å². The fourth-order valence-electron chi connectivity index (χ4n) is 2.37. The molecule has 0 aliphatic carbocycles. The van der Waals surface area contributed by atoms with Gasteiger partial charge in [0.05, 0.1) is 5.54 Å². The van der Waals surface area contributed by atoms with E-state index >= 15 is 0 Å². The first-order valence-electron chi connectivity index (χ1n) is 5.90. The maximum absolute atomic E-state index is 12.5. The monoisotopic (exact) mass is 217 g/mol. The fraction of sp³-hybridized carbons (Fsp3) is 0.500. The first kappa shape index (κ1) is 11.3. The fourth-order valence-corrected chi connectivity index (χ4v) is 2.37. The number of benzene rings is 1. The Kier molecular flexibility index (Phi) is 2.85. The number of aryl methyl sites for hydroxylation is 2. The molecule has 1 aromatic rings. The van der Waals surface area contributed by atoms with Crippen LogP contribution >= 0.6 is 0 Å². The predicted molar refractivity (Wildman–Crippen MR) is 65.9 cm³/mol. The van der Waals surface area contributed by atoms with Gasteiger partial charge in [-0.2, -0.15) is 0 Å². The van der Waals surface area contributed by atoms with Gasteiger partial charge in [0.15, 0.2) is 5.78 Å². The summed E-state index contributed by atoms with van der Waals surface area (Å²) in [5.74, 6) is 0.242. The van der Waals surface area contributed by atoms with Crippen LogP contribution < -0.4 is 5.32 Å². The number of hydrogen-bond donors (Lipinski definition) is 1. The van der Waals surface area contributed by atoms with Crippen molar-refractivity contribution in [1.29, 1.82) is 0 Å². The van der Waals surface area contributed by atoms with Crippen LogP contribution in [0.2, 0.25) is 0 Å². The standard InChI is InChI=1S/C14H19NO/c1-10-5-6-11(2)12(9-10)13(16)14(3)7-4-8-15-14/h5-6,9,15H,4,7-8H2,1-3H3. The van der Waals surface area contributed by atoms with Crippen molar-refractivity contribution in [3.05, 3.63) is 34.9 Å². The largest absolute Gasteiger partial charge is 0.305 e. The van der Waals surface area contributed by atoms with E-state index in [0.29, 0.717) is 0 Å². The Morgan fingerprint density at radius 3 is 2.75 bits per heavy atom. The van der Waals surface area contributed by atoms with Gasteiger partial charge >= 0.3 is 0 Å². The van der Waals surface area contributed by atoms with Gasteiger partial charge in [0.25, 0.3) is 0 Å². The van der Waals surface area contributed by atoms with Crippen LogP contribution in [0.3, 0.4) is 0 Å². The number of ketones is 1. The molecule has 0 saturated carbocycles. The lowest BCUT2D eigenvalue weighted by Crippen LogP contribution is -2.44. The van der Waals surface area contributed by atoms with E-state index in [4.69, 9.17) is 0 Å². The molecule has 0 aromatic heterocycles. The molecule has 16 heavy (non-hydrogen) atoms. The van der Waals surface area contributed by atoms with Gasteiger partial charge in [-0.3, -0.25) is 4.79 Å². The van der Waals surface area contributed by atoms with E-state index in [1.54, 1.807) is 0 Å². The summed E-state index contributed by atoms with van der Waals surface area (Å²) in [5, 5.41) is 3.33. The minimum Gasteiger partial charge on any atom is -0.305 e. The highest BCUT2D eigenvalue weighted by Crippen LogP contribution is 2.25. The zero-order chi connectivity index (χ0) is 11.8. The summed E-state index contributed by atoms with van der Waals surface area (Å²) in [5.41, 5.74) is 2.75. The number of rotatable bonds is 2. The van der Waals surface area contributed by atoms with Crippen LogP contribution in [0.5, 0.6) is 0 Å². The van der Waals surface area contributed by atoms with Crippen molar-refractivity contribution < 1.29 is 4.79 Å². The normalized spacial score (nSPS) is 24.7. The van der Waals surface area contributed by atoms with Crippen molar-refractivity contribution in [2.24, 2.45) is 0 Å². The molecule has 1 aliphatic heterocycles. The summed E-state index contributed by atoms with van der Waals surface area (Å²) in [6, 6.07) is 6.08. The predicted octanol–water partition coefficient (Wildman–Crippen LogP) is 2.63. The summed E-state index contributed by atoms with van der Waals surface area (Å²) in [4.78, 5) is 12.5. The van der Waals surface area contributed by atoms with Crippen molar-refractivity contribution in [2.75, 3.05) is 6.54 Å². The van der Waals surface area contributed by atoms with E-state index in [0.717, 1.165) is 36.1 Å². The van der Waals surface area contributed by atoms with Crippen molar-refractivity contribution in [1.82, 2.24) is 5.32 Å². The summed E-state index contributed by atoms with van der Waals surface area (Å²) in [7, 11) is 0. The van der Waals surface area contributed by atoms with Crippen molar-refractivity contribution >= 4 is 5.78 Å². The van der Waals surface area contributed by atoms with Gasteiger partial charge < -0.3 is 5.32 Å². The highest BCUT2D eigenvalue weighted by molar-refractivity contribution is 6.04. The molecule has 2 nitrogen and oxygen atoms in total. The first-order chi connectivity index (χ1) is 7.53. The lowest BCUT2D eigenvalue weighted by atomic mass is 9.87. The Labute approximate surface area is 97.1 Å². The second kappa shape index (κ2) is 4.02. The van der Waals surface area contributed by atoms with Crippen LogP contribution in [0.4, 0.5) is 0 Å². The molecule has 1 atom stereocenters. The second-order valence-corrected chi connectivity index (χ2v) is 5.01. The summed E-state index contributed by atoms with van der Waals surface area (Å²) < 4.78 is 0. The SMILES string of the molecule is Cc1ccc(C)c(C(=O)C2(C)CCCN2)c1. The first-order valence-corrected chi connectivity index (χ1v) is 5.90. The van der Waals surface area contributed by atoms with E-state index in [9.17, 15) is 4.79 Å². The Hall–Kier alpha value is -1.15. The second-order valence-electron chi connectivity index (χ2n) is 5.01. The van der Waals surface area contributed by atoms with E-state index in [-0.39, 0.29) is 11.3 Å². The lowest BCUT2D eigenvalue weighted by molar-refractivity contribution is 0.0883. The molecule has 2 rings (SSSR count). The molecular weight excluding hydrogens is 198 g/mol. The quantitative estimate of drug-likeness (QED) is 0.772. The van der Waals surface area contributed by atoms with Gasteiger partial charge in [-0.05, 0) is 51.8 Å². The van der Waals surface area contributed by atoms with Crippen molar-refractivity contribution in [3.8, 4) is 0 Å². The zero-order valence-electron chi connectivity index (χ0n) is 10.3. The molecule has 0 spiro atoms. The van der Waals surface area contributed by atoms with Gasteiger partial charge in [0, 0.05) is 5.56 Å². The van der Waals surface area contributed by atoms with Gasteiger partial charge in [-0.1, -0.05) is 17.7 Å². The van der Waals surface area contributed by atoms with Crippen LogP contribution in [0, 0.1) is 13.8 Å². The molecule has 2 heteroatoms. The molecule has 1 N–H and O–H groups in total. The number of Topliss-reactive ketones (excluding diaryl/α,β-unsaturated/α-hetero) is 1. The molecule has 1 saturated heterocycles. The molecule has 0 amide bonds. The Bertz CT molecular complexity index is 417. The summed E-state index contributed by atoms with van der Waals surface area (Å²) >= 11 is 0. The highest BCUT2D eigenvalue weighted by Gasteiger charge is 2.36. The van der Waals surface area contributed by atoms with Crippen LogP contribution in [-0.4, -0.2) is 17.9 Å². The molecule has 1 unspecified atom stereocenters. The molecule has 1 aliphatic rings. The molecule has 86 valence electrons. The molecule has 0 radical (unpaired) electrons. The van der Waals surface area contributed by atoms with Crippen LogP contribution in [0.25, 0.3) is 0 Å². The van der Waals surface area contributed by atoms with Crippen LogP contribution in [0.15, 0.2) is 18.2 Å². The van der Waals surface area contributed by atoms with Gasteiger partial charge in [-0.25, -0.2) is 0 Å². The Balaban J connectivity index is 2.36. The van der Waals surface area contributed by atoms with Gasteiger partial charge in [-0.15, -0.1) is 0 Å². The average molecular weight is 217 g/mol. The third-order valence-corrected chi connectivity index (χ3v) is 3.51. The average Bonchev–Trinajstić information content (AvgIpc) is 2.69. The highest BCUT2D eigenvalue weighted by atomic mass is 16.1. The van der Waals surface area contributed by atoms with Gasteiger partial charge in [0.1, 0.15) is 0 Å². The van der Waals surface area contributed by atoms with Crippen molar-refractivity contribution in [3.63, 3.8) is 0 Å². The number of carbonyl (C=O) groups excluding carboxylic acids is 1. The number of nitrogens with one attached hydrogen (secondary N) is 1. The Morgan fingerprint density at radius 1 is 1.38 bits per heavy atom. The molecule has 0 bridgehead atoms. The summed E-state index contributed by atoms with van der Waals surface area (Å²) in [6.45, 7) is 7.00. The lowest BCUT2D eigenvalue weighted by Gasteiger charge is -2.23. The smallest absolute Gasteiger partial charge is 0.182 e. The minimum atomic E-state index is -0.349. The molecule has 1 aromatic carbocycles. The van der Waals surface area contributed by atoms with Crippen LogP contribution in [0.1, 0.15) is 41.3 Å². The summed E-state index contributed by atoms with van der Waals surface area (Å²) in [6.07, 6.45) is 2.03. The Morgan fingerprint density at radius 2 is 2.12 bits per heavy atom. The number of hydrogen-bond acceptors (Lipinski definition) is 2. The van der Waals surface area contributed by atoms with E-state index in [1.807, 2.05) is 32.9 Å². The third-order valence-electron chi connectivity index (χ3n) is 3.51. The van der Waals surface area contributed by atoms with E-state index < -0.39 is 0 Å². The number of carbonyl (C=O) groups is 1. The zero-order valence-corrected chi connectivity index (χ0v) is 10.3. The molecule has 1 fully saturated rings. The van der Waals surface area contributed by atoms with Crippen molar-refractivity contribution in [2.45, 2.75) is 39.2 Å². The van der Waals surface area contributed by atoms with E-state index in [1.165, 1.54) is 0 Å². The van der Waals surface area contributed by atoms with Gasteiger partial charge in [0.2, 0.25) is 0 Å².